The van der Waals surface area contributed by atoms with Gasteiger partial charge in [-0.15, -0.1) is 0 Å². The molecule has 0 fully saturated rings. The maximum Gasteiger partial charge on any atom is 0.327 e. The number of nitrogens with one attached hydrogen (secondary N) is 2. The number of anilines is 1. The zero-order chi connectivity index (χ0) is 13.5. The van der Waals surface area contributed by atoms with E-state index < -0.39 is 22.5 Å². The fourth-order valence-electron chi connectivity index (χ4n) is 1.44. The molecular weight excluding hydrogens is 241 g/mol. The van der Waals surface area contributed by atoms with E-state index in [2.05, 4.69) is 10.6 Å². The Hall–Kier alpha value is -1.73. The van der Waals surface area contributed by atoms with Gasteiger partial charge in [-0.25, -0.2) is 0 Å². The quantitative estimate of drug-likeness (QED) is 0.387. The Morgan fingerprint density at radius 2 is 2.22 bits per heavy atom. The van der Waals surface area contributed by atoms with Crippen LogP contribution in [-0.2, 0) is 0 Å². The summed E-state index contributed by atoms with van der Waals surface area (Å²) in [5, 5.41) is 25.4. The molecule has 3 N–H and O–H groups in total. The van der Waals surface area contributed by atoms with Crippen LogP contribution in [0.3, 0.4) is 0 Å². The summed E-state index contributed by atoms with van der Waals surface area (Å²) in [7, 11) is 0. The molecule has 0 amide bonds. The van der Waals surface area contributed by atoms with Gasteiger partial charge in [0.15, 0.2) is 0 Å². The number of nitrogens with zero attached hydrogens (tertiary/aromatic N) is 1. The molecule has 1 unspecified atom stereocenters. The van der Waals surface area contributed by atoms with Crippen molar-refractivity contribution in [2.45, 2.75) is 13.0 Å². The van der Waals surface area contributed by atoms with Gasteiger partial charge >= 0.3 is 5.69 Å². The molecule has 1 aromatic rings. The number of aliphatic hydroxyl groups excluding tert-OH is 1. The lowest BCUT2D eigenvalue weighted by molar-refractivity contribution is -0.386. The number of benzene rings is 1. The first-order valence-corrected chi connectivity index (χ1v) is 5.58. The van der Waals surface area contributed by atoms with Crippen LogP contribution in [0.5, 0.6) is 0 Å². The van der Waals surface area contributed by atoms with E-state index in [0.717, 1.165) is 6.07 Å². The zero-order valence-electron chi connectivity index (χ0n) is 10.0. The molecule has 0 saturated carbocycles. The maximum atomic E-state index is 13.3. The topological polar surface area (TPSA) is 87.4 Å². The van der Waals surface area contributed by atoms with Gasteiger partial charge in [-0.05, 0) is 19.1 Å². The van der Waals surface area contributed by atoms with Gasteiger partial charge in [0.2, 0.25) is 5.82 Å². The molecule has 0 aromatic heterocycles. The molecule has 0 aliphatic heterocycles. The van der Waals surface area contributed by atoms with Gasteiger partial charge in [0.25, 0.3) is 0 Å². The van der Waals surface area contributed by atoms with Crippen LogP contribution in [0.4, 0.5) is 15.8 Å². The smallest absolute Gasteiger partial charge is 0.327 e. The predicted molar refractivity (Wildman–Crippen MR) is 66.1 cm³/mol. The fraction of sp³-hybridized carbons (Fsp3) is 0.455. The second-order valence-electron chi connectivity index (χ2n) is 3.87. The van der Waals surface area contributed by atoms with Gasteiger partial charge in [-0.1, -0.05) is 6.07 Å². The number of nitro benzene ring substituents is 1. The van der Waals surface area contributed by atoms with Crippen molar-refractivity contribution in [1.82, 2.24) is 5.32 Å². The predicted octanol–water partition coefficient (Wildman–Crippen LogP) is 1.12. The Labute approximate surface area is 104 Å². The average molecular weight is 257 g/mol. The van der Waals surface area contributed by atoms with E-state index in [1.165, 1.54) is 12.1 Å². The second-order valence-corrected chi connectivity index (χ2v) is 3.87. The van der Waals surface area contributed by atoms with Crippen molar-refractivity contribution in [2.75, 3.05) is 25.0 Å². The lowest BCUT2D eigenvalue weighted by atomic mass is 10.2. The van der Waals surface area contributed by atoms with Crippen LogP contribution >= 0.6 is 0 Å². The third-order valence-corrected chi connectivity index (χ3v) is 2.23. The summed E-state index contributed by atoms with van der Waals surface area (Å²) < 4.78 is 13.3. The van der Waals surface area contributed by atoms with Gasteiger partial charge in [0.1, 0.15) is 5.69 Å². The molecule has 100 valence electrons. The number of hydrogen-bond donors (Lipinski definition) is 3. The van der Waals surface area contributed by atoms with Gasteiger partial charge < -0.3 is 15.7 Å². The van der Waals surface area contributed by atoms with E-state index >= 15 is 0 Å². The van der Waals surface area contributed by atoms with Gasteiger partial charge in [0.05, 0.1) is 11.0 Å². The SMILES string of the molecule is CC(O)CNCCNc1cccc(F)c1[N+](=O)[O-]. The van der Waals surface area contributed by atoms with Crippen molar-refractivity contribution in [3.8, 4) is 0 Å². The van der Waals surface area contributed by atoms with Crippen LogP contribution in [0.2, 0.25) is 0 Å². The summed E-state index contributed by atoms with van der Waals surface area (Å²) in [6.07, 6.45) is -0.450. The first-order valence-electron chi connectivity index (χ1n) is 5.58. The first kappa shape index (κ1) is 14.3. The number of halogens is 1. The van der Waals surface area contributed by atoms with Gasteiger partial charge in [-0.3, -0.25) is 10.1 Å². The lowest BCUT2D eigenvalue weighted by Gasteiger charge is -2.09. The fourth-order valence-corrected chi connectivity index (χ4v) is 1.44. The minimum atomic E-state index is -0.859. The lowest BCUT2D eigenvalue weighted by Crippen LogP contribution is -2.29. The molecule has 0 radical (unpaired) electrons. The third kappa shape index (κ3) is 4.27. The Kier molecular flexibility index (Phi) is 5.47. The van der Waals surface area contributed by atoms with E-state index in [1.54, 1.807) is 6.92 Å². The molecule has 1 rings (SSSR count). The van der Waals surface area contributed by atoms with E-state index in [0.29, 0.717) is 19.6 Å². The number of hydrogen-bond acceptors (Lipinski definition) is 5. The summed E-state index contributed by atoms with van der Waals surface area (Å²) >= 11 is 0. The molecule has 0 spiro atoms. The molecule has 0 bridgehead atoms. The maximum absolute atomic E-state index is 13.3. The Morgan fingerprint density at radius 1 is 1.50 bits per heavy atom. The highest BCUT2D eigenvalue weighted by molar-refractivity contribution is 5.61. The standard InChI is InChI=1S/C11H16FN3O3/c1-8(16)7-13-5-6-14-10-4-2-3-9(12)11(10)15(17)18/h2-4,8,13-14,16H,5-7H2,1H3. The molecule has 1 atom stereocenters. The molecular formula is C11H16FN3O3. The van der Waals surface area contributed by atoms with Crippen LogP contribution in [0.25, 0.3) is 0 Å². The summed E-state index contributed by atoms with van der Waals surface area (Å²) in [5.41, 5.74) is -0.396. The number of aliphatic hydroxyl groups is 1. The zero-order valence-corrected chi connectivity index (χ0v) is 10.0. The monoisotopic (exact) mass is 257 g/mol. The van der Waals surface area contributed by atoms with Crippen LogP contribution in [0.15, 0.2) is 18.2 Å². The summed E-state index contributed by atoms with van der Waals surface area (Å²) in [6.45, 7) is 3.00. The normalized spacial score (nSPS) is 12.2. The van der Waals surface area contributed by atoms with Crippen molar-refractivity contribution in [2.24, 2.45) is 0 Å². The highest BCUT2D eigenvalue weighted by Gasteiger charge is 2.18. The highest BCUT2D eigenvalue weighted by atomic mass is 19.1. The van der Waals surface area contributed by atoms with Crippen LogP contribution in [0, 0.1) is 15.9 Å². The van der Waals surface area contributed by atoms with Crippen molar-refractivity contribution in [3.63, 3.8) is 0 Å². The Morgan fingerprint density at radius 3 is 2.83 bits per heavy atom. The van der Waals surface area contributed by atoms with Gasteiger partial charge in [0, 0.05) is 19.6 Å². The number of nitro groups is 1. The number of rotatable bonds is 7. The van der Waals surface area contributed by atoms with E-state index in [9.17, 15) is 14.5 Å². The molecule has 0 aliphatic carbocycles. The number of para-hydroxylation sites is 1. The minimum absolute atomic E-state index is 0.152. The third-order valence-electron chi connectivity index (χ3n) is 2.23. The van der Waals surface area contributed by atoms with Crippen LogP contribution in [-0.4, -0.2) is 35.8 Å². The van der Waals surface area contributed by atoms with Crippen LogP contribution < -0.4 is 10.6 Å². The second kappa shape index (κ2) is 6.87. The highest BCUT2D eigenvalue weighted by Crippen LogP contribution is 2.26. The van der Waals surface area contributed by atoms with Crippen molar-refractivity contribution in [1.29, 1.82) is 0 Å². The molecule has 0 heterocycles. The van der Waals surface area contributed by atoms with Crippen molar-refractivity contribution >= 4 is 11.4 Å². The summed E-state index contributed by atoms with van der Waals surface area (Å²) in [4.78, 5) is 9.95. The molecule has 0 aliphatic rings. The van der Waals surface area contributed by atoms with Gasteiger partial charge in [-0.2, -0.15) is 4.39 Å². The molecule has 18 heavy (non-hydrogen) atoms. The van der Waals surface area contributed by atoms with E-state index in [-0.39, 0.29) is 5.69 Å². The minimum Gasteiger partial charge on any atom is -0.392 e. The first-order chi connectivity index (χ1) is 8.52. The molecule has 7 heteroatoms. The summed E-state index contributed by atoms with van der Waals surface area (Å²) in [6, 6.07) is 3.92. The average Bonchev–Trinajstić information content (AvgIpc) is 2.27. The van der Waals surface area contributed by atoms with E-state index in [4.69, 9.17) is 5.11 Å². The van der Waals surface area contributed by atoms with Crippen molar-refractivity contribution in [3.05, 3.63) is 34.1 Å². The van der Waals surface area contributed by atoms with Crippen molar-refractivity contribution < 1.29 is 14.4 Å². The molecule has 6 nitrogen and oxygen atoms in total. The molecule has 1 aromatic carbocycles. The molecule has 0 saturated heterocycles. The summed E-state index contributed by atoms with van der Waals surface area (Å²) in [5.74, 6) is -0.859. The Balaban J connectivity index is 2.52. The van der Waals surface area contributed by atoms with E-state index in [1.807, 2.05) is 0 Å². The Bertz CT molecular complexity index is 413. The van der Waals surface area contributed by atoms with Crippen LogP contribution in [0.1, 0.15) is 6.92 Å². The largest absolute Gasteiger partial charge is 0.392 e.